The van der Waals surface area contributed by atoms with Gasteiger partial charge in [-0.3, -0.25) is 14.8 Å². The number of hydrogen-bond donors (Lipinski definition) is 2. The lowest BCUT2D eigenvalue weighted by Gasteiger charge is -2.25. The molecule has 0 spiro atoms. The molecular weight excluding hydrogens is 348 g/mol. The molecule has 27 heavy (non-hydrogen) atoms. The average Bonchev–Trinajstić information content (AvgIpc) is 3.39. The summed E-state index contributed by atoms with van der Waals surface area (Å²) in [6, 6.07) is 0. The van der Waals surface area contributed by atoms with Gasteiger partial charge in [-0.15, -0.1) is 5.10 Å². The van der Waals surface area contributed by atoms with Gasteiger partial charge in [0.15, 0.2) is 5.82 Å². The minimum absolute atomic E-state index is 0.0348. The fourth-order valence-corrected chi connectivity index (χ4v) is 3.66. The number of amides is 1. The van der Waals surface area contributed by atoms with Crippen LogP contribution in [0.3, 0.4) is 0 Å². The van der Waals surface area contributed by atoms with Crippen molar-refractivity contribution in [3.8, 4) is 0 Å². The highest BCUT2D eigenvalue weighted by Gasteiger charge is 2.18. The number of nitrogens with one attached hydrogen (secondary N) is 2. The molecule has 2 aliphatic rings. The van der Waals surface area contributed by atoms with Crippen molar-refractivity contribution < 1.29 is 9.53 Å². The smallest absolute Gasteiger partial charge is 0.220 e. The quantitative estimate of drug-likeness (QED) is 0.658. The third-order valence-corrected chi connectivity index (χ3v) is 5.19. The van der Waals surface area contributed by atoms with E-state index in [1.165, 1.54) is 17.7 Å². The lowest BCUT2D eigenvalue weighted by molar-refractivity contribution is -0.121. The van der Waals surface area contributed by atoms with E-state index >= 15 is 0 Å². The maximum Gasteiger partial charge on any atom is 0.220 e. The van der Waals surface area contributed by atoms with Crippen LogP contribution in [0.1, 0.15) is 42.0 Å². The number of aromatic amines is 1. The Morgan fingerprint density at radius 3 is 3.04 bits per heavy atom. The Kier molecular flexibility index (Phi) is 5.73. The Hall–Kier alpha value is -2.33. The Morgan fingerprint density at radius 1 is 1.26 bits per heavy atom. The number of carbonyl (C=O) groups is 1. The number of carbonyl (C=O) groups excluding carboxylic acids is 1. The van der Waals surface area contributed by atoms with Crippen LogP contribution in [0.15, 0.2) is 0 Å². The van der Waals surface area contributed by atoms with Crippen molar-refractivity contribution in [1.82, 2.24) is 40.6 Å². The molecule has 0 bridgehead atoms. The zero-order valence-electron chi connectivity index (χ0n) is 15.5. The summed E-state index contributed by atoms with van der Waals surface area (Å²) in [5, 5.41) is 22.3. The first-order valence-corrected chi connectivity index (χ1v) is 9.66. The predicted molar refractivity (Wildman–Crippen MR) is 95.6 cm³/mol. The minimum atomic E-state index is 0.0348. The van der Waals surface area contributed by atoms with Crippen LogP contribution in [0.4, 0.5) is 0 Å². The van der Waals surface area contributed by atoms with Gasteiger partial charge in [-0.1, -0.05) is 0 Å². The second kappa shape index (κ2) is 8.57. The fourth-order valence-electron chi connectivity index (χ4n) is 3.66. The summed E-state index contributed by atoms with van der Waals surface area (Å²) in [5.41, 5.74) is 3.49. The first-order valence-electron chi connectivity index (χ1n) is 9.66. The van der Waals surface area contributed by atoms with Gasteiger partial charge in [-0.25, -0.2) is 4.68 Å². The van der Waals surface area contributed by atoms with Crippen molar-refractivity contribution in [1.29, 1.82) is 0 Å². The van der Waals surface area contributed by atoms with Crippen LogP contribution in [-0.4, -0.2) is 67.5 Å². The Bertz CT molecular complexity index is 765. The molecule has 0 aromatic carbocycles. The van der Waals surface area contributed by atoms with Gasteiger partial charge in [0.2, 0.25) is 5.91 Å². The molecule has 1 aliphatic heterocycles. The summed E-state index contributed by atoms with van der Waals surface area (Å²) in [6.45, 7) is 5.14. The highest BCUT2D eigenvalue weighted by Crippen LogP contribution is 2.22. The first-order chi connectivity index (χ1) is 13.3. The highest BCUT2D eigenvalue weighted by molar-refractivity contribution is 5.75. The molecule has 2 aromatic rings. The summed E-state index contributed by atoms with van der Waals surface area (Å²) in [7, 11) is 0. The summed E-state index contributed by atoms with van der Waals surface area (Å²) in [6.07, 6.45) is 4.44. The van der Waals surface area contributed by atoms with Gasteiger partial charge >= 0.3 is 0 Å². The van der Waals surface area contributed by atoms with E-state index in [9.17, 15) is 4.79 Å². The van der Waals surface area contributed by atoms with Crippen molar-refractivity contribution in [3.63, 3.8) is 0 Å². The number of rotatable bonds is 8. The topological polar surface area (TPSA) is 114 Å². The van der Waals surface area contributed by atoms with E-state index in [1.807, 2.05) is 0 Å². The molecule has 1 fully saturated rings. The van der Waals surface area contributed by atoms with Gasteiger partial charge in [-0.2, -0.15) is 5.10 Å². The molecule has 0 unspecified atom stereocenters. The molecule has 146 valence electrons. The number of nitrogens with zero attached hydrogens (tertiary/aromatic N) is 6. The Morgan fingerprint density at radius 2 is 2.15 bits per heavy atom. The lowest BCUT2D eigenvalue weighted by atomic mass is 10.2. The third-order valence-electron chi connectivity index (χ3n) is 5.19. The van der Waals surface area contributed by atoms with Gasteiger partial charge in [0.25, 0.3) is 0 Å². The standard InChI is InChI=1S/C17H26N8O2/c26-17(18-11-15-13-3-1-4-14(13)19-20-15)5-2-6-25-16(21-22-23-25)12-24-7-9-27-10-8-24/h1-12H2,(H,18,26)(H,19,20). The van der Waals surface area contributed by atoms with E-state index in [1.54, 1.807) is 4.68 Å². The van der Waals surface area contributed by atoms with Crippen molar-refractivity contribution in [2.24, 2.45) is 0 Å². The van der Waals surface area contributed by atoms with Crippen LogP contribution in [0, 0.1) is 0 Å². The molecule has 2 aromatic heterocycles. The molecule has 0 saturated carbocycles. The molecule has 4 rings (SSSR count). The number of morpholine rings is 1. The second-order valence-corrected chi connectivity index (χ2v) is 7.07. The molecular formula is C17H26N8O2. The number of H-pyrrole nitrogens is 1. The van der Waals surface area contributed by atoms with Crippen LogP contribution in [0.5, 0.6) is 0 Å². The van der Waals surface area contributed by atoms with E-state index in [-0.39, 0.29) is 5.91 Å². The number of aromatic nitrogens is 6. The zero-order chi connectivity index (χ0) is 18.5. The SMILES string of the molecule is O=C(CCCn1nnnc1CN1CCOCC1)NCc1n[nH]c2c1CCC2. The summed E-state index contributed by atoms with van der Waals surface area (Å²) in [5.74, 6) is 0.872. The molecule has 0 atom stereocenters. The zero-order valence-corrected chi connectivity index (χ0v) is 15.5. The molecule has 10 nitrogen and oxygen atoms in total. The van der Waals surface area contributed by atoms with E-state index < -0.39 is 0 Å². The minimum Gasteiger partial charge on any atom is -0.379 e. The average molecular weight is 374 g/mol. The maximum atomic E-state index is 12.1. The van der Waals surface area contributed by atoms with Crippen molar-refractivity contribution in [3.05, 3.63) is 22.8 Å². The van der Waals surface area contributed by atoms with Crippen LogP contribution in [0.25, 0.3) is 0 Å². The normalized spacial score (nSPS) is 17.2. The highest BCUT2D eigenvalue weighted by atomic mass is 16.5. The summed E-state index contributed by atoms with van der Waals surface area (Å²) < 4.78 is 7.16. The van der Waals surface area contributed by atoms with E-state index in [4.69, 9.17) is 4.74 Å². The monoisotopic (exact) mass is 374 g/mol. The molecule has 1 amide bonds. The molecule has 2 N–H and O–H groups in total. The molecule has 1 aliphatic carbocycles. The number of tetrazole rings is 1. The Balaban J connectivity index is 1.19. The third kappa shape index (κ3) is 4.51. The van der Waals surface area contributed by atoms with Gasteiger partial charge in [0, 0.05) is 31.7 Å². The van der Waals surface area contributed by atoms with Crippen LogP contribution in [-0.2, 0) is 42.0 Å². The van der Waals surface area contributed by atoms with Crippen molar-refractivity contribution in [2.45, 2.75) is 51.7 Å². The predicted octanol–water partition coefficient (Wildman–Crippen LogP) is -0.186. The largest absolute Gasteiger partial charge is 0.379 e. The molecule has 1 saturated heterocycles. The lowest BCUT2D eigenvalue weighted by Crippen LogP contribution is -2.36. The second-order valence-electron chi connectivity index (χ2n) is 7.07. The van der Waals surface area contributed by atoms with E-state index in [2.05, 4.69) is 35.9 Å². The van der Waals surface area contributed by atoms with Gasteiger partial charge in [-0.05, 0) is 41.7 Å². The number of fused-ring (bicyclic) bond motifs is 1. The molecule has 10 heteroatoms. The summed E-state index contributed by atoms with van der Waals surface area (Å²) in [4.78, 5) is 14.4. The first kappa shape index (κ1) is 18.1. The number of aryl methyl sites for hydroxylation is 2. The summed E-state index contributed by atoms with van der Waals surface area (Å²) >= 11 is 0. The maximum absolute atomic E-state index is 12.1. The fraction of sp³-hybridized carbons (Fsp3) is 0.706. The number of hydrogen-bond acceptors (Lipinski definition) is 7. The van der Waals surface area contributed by atoms with Crippen molar-refractivity contribution >= 4 is 5.91 Å². The van der Waals surface area contributed by atoms with Gasteiger partial charge in [0.05, 0.1) is 32.0 Å². The Labute approximate surface area is 157 Å². The van der Waals surface area contributed by atoms with Crippen molar-refractivity contribution in [2.75, 3.05) is 26.3 Å². The molecule has 0 radical (unpaired) electrons. The molecule has 3 heterocycles. The van der Waals surface area contributed by atoms with E-state index in [0.29, 0.717) is 32.5 Å². The van der Waals surface area contributed by atoms with Crippen LogP contribution < -0.4 is 5.32 Å². The van der Waals surface area contributed by atoms with Crippen LogP contribution >= 0.6 is 0 Å². The van der Waals surface area contributed by atoms with E-state index in [0.717, 1.165) is 50.7 Å². The van der Waals surface area contributed by atoms with Crippen LogP contribution in [0.2, 0.25) is 0 Å². The van der Waals surface area contributed by atoms with Gasteiger partial charge < -0.3 is 10.1 Å². The van der Waals surface area contributed by atoms with Gasteiger partial charge in [0.1, 0.15) is 0 Å². The number of ether oxygens (including phenoxy) is 1.